The number of nitrogens with two attached hydrogens (primary N) is 1. The average molecular weight is 215 g/mol. The molecular weight excluding hydrogens is 190 g/mol. The van der Waals surface area contributed by atoms with Crippen LogP contribution in [0.4, 0.5) is 0 Å². The van der Waals surface area contributed by atoms with E-state index in [1.54, 1.807) is 0 Å². The molecule has 0 fully saturated rings. The minimum absolute atomic E-state index is 0.268. The van der Waals surface area contributed by atoms with Crippen LogP contribution in [-0.2, 0) is 0 Å². The minimum Gasteiger partial charge on any atom is -0.396 e. The molecule has 0 bridgehead atoms. The highest BCUT2D eigenvalue weighted by atomic mass is 16.2. The summed E-state index contributed by atoms with van der Waals surface area (Å²) in [5.41, 5.74) is 5.41. The van der Waals surface area contributed by atoms with Gasteiger partial charge in [0, 0.05) is 19.1 Å². The molecule has 1 atom stereocenters. The Bertz CT molecular complexity index is 173. The lowest BCUT2D eigenvalue weighted by Gasteiger charge is -2.26. The van der Waals surface area contributed by atoms with Crippen LogP contribution in [0.25, 0.3) is 0 Å². The van der Waals surface area contributed by atoms with Gasteiger partial charge in [-0.1, -0.05) is 6.92 Å². The maximum Gasteiger partial charge on any atom is 0.0921 e. The number of unbranched alkanes of at least 4 members (excludes halogenated alkanes) is 2. The number of aliphatic hydroxyl groups excluding tert-OH is 1. The lowest BCUT2D eigenvalue weighted by Crippen LogP contribution is -2.35. The average Bonchev–Trinajstić information content (AvgIpc) is 2.20. The third-order valence-electron chi connectivity index (χ3n) is 2.72. The highest BCUT2D eigenvalue weighted by Gasteiger charge is 2.12. The number of nitrogens with one attached hydrogen (secondary N) is 1. The molecule has 0 heterocycles. The number of hydrogen-bond donors (Lipinski definition) is 3. The standard InChI is InChI=1S/C11H25N3O/c1-3-10(9-11(12)13)14(2)7-5-4-6-8-15/h10,15H,3-9H2,1-2H3,(H3,12,13). The van der Waals surface area contributed by atoms with Crippen LogP contribution in [0.1, 0.15) is 39.0 Å². The van der Waals surface area contributed by atoms with Gasteiger partial charge in [-0.05, 0) is 39.3 Å². The minimum atomic E-state index is 0.268. The molecule has 0 saturated carbocycles. The van der Waals surface area contributed by atoms with E-state index in [9.17, 15) is 0 Å². The van der Waals surface area contributed by atoms with Crippen LogP contribution >= 0.6 is 0 Å². The lowest BCUT2D eigenvalue weighted by molar-refractivity contribution is 0.229. The molecule has 0 spiro atoms. The van der Waals surface area contributed by atoms with E-state index in [0.29, 0.717) is 12.5 Å². The summed E-state index contributed by atoms with van der Waals surface area (Å²) in [6.45, 7) is 3.43. The second kappa shape index (κ2) is 8.68. The quantitative estimate of drug-likeness (QED) is 0.307. The van der Waals surface area contributed by atoms with E-state index in [2.05, 4.69) is 18.9 Å². The number of aliphatic hydroxyl groups is 1. The van der Waals surface area contributed by atoms with E-state index in [-0.39, 0.29) is 12.4 Å². The summed E-state index contributed by atoms with van der Waals surface area (Å²) >= 11 is 0. The van der Waals surface area contributed by atoms with Crippen molar-refractivity contribution in [2.75, 3.05) is 20.2 Å². The van der Waals surface area contributed by atoms with Crippen molar-refractivity contribution >= 4 is 5.84 Å². The number of amidine groups is 1. The zero-order chi connectivity index (χ0) is 11.7. The van der Waals surface area contributed by atoms with Crippen molar-refractivity contribution in [3.63, 3.8) is 0 Å². The van der Waals surface area contributed by atoms with Gasteiger partial charge < -0.3 is 15.7 Å². The van der Waals surface area contributed by atoms with Crippen molar-refractivity contribution in [3.05, 3.63) is 0 Å². The van der Waals surface area contributed by atoms with Crippen LogP contribution < -0.4 is 5.73 Å². The monoisotopic (exact) mass is 215 g/mol. The normalized spacial score (nSPS) is 13.1. The van der Waals surface area contributed by atoms with Crippen LogP contribution in [-0.4, -0.2) is 42.1 Å². The van der Waals surface area contributed by atoms with E-state index in [1.165, 1.54) is 0 Å². The van der Waals surface area contributed by atoms with Crippen molar-refractivity contribution in [2.45, 2.75) is 45.1 Å². The second-order valence-electron chi connectivity index (χ2n) is 4.06. The van der Waals surface area contributed by atoms with Crippen LogP contribution in [0.2, 0.25) is 0 Å². The molecule has 90 valence electrons. The third-order valence-corrected chi connectivity index (χ3v) is 2.72. The SMILES string of the molecule is CCC(CC(=N)N)N(C)CCCCCO. The molecule has 4 nitrogen and oxygen atoms in total. The van der Waals surface area contributed by atoms with Gasteiger partial charge in [-0.15, -0.1) is 0 Å². The first kappa shape index (κ1) is 14.4. The fraction of sp³-hybridized carbons (Fsp3) is 0.909. The Morgan fingerprint density at radius 1 is 1.40 bits per heavy atom. The van der Waals surface area contributed by atoms with Gasteiger partial charge in [-0.3, -0.25) is 5.41 Å². The Kier molecular flexibility index (Phi) is 8.33. The summed E-state index contributed by atoms with van der Waals surface area (Å²) in [4.78, 5) is 2.26. The molecule has 0 aliphatic heterocycles. The summed E-state index contributed by atoms with van der Waals surface area (Å²) in [5.74, 6) is 0.268. The molecular formula is C11H25N3O. The summed E-state index contributed by atoms with van der Waals surface area (Å²) in [5, 5.41) is 15.9. The molecule has 0 aromatic rings. The van der Waals surface area contributed by atoms with E-state index < -0.39 is 0 Å². The van der Waals surface area contributed by atoms with Crippen molar-refractivity contribution in [2.24, 2.45) is 5.73 Å². The Morgan fingerprint density at radius 3 is 2.53 bits per heavy atom. The largest absolute Gasteiger partial charge is 0.396 e. The summed E-state index contributed by atoms with van der Waals surface area (Å²) in [6.07, 6.45) is 4.74. The zero-order valence-corrected chi connectivity index (χ0v) is 10.00. The van der Waals surface area contributed by atoms with Crippen molar-refractivity contribution < 1.29 is 5.11 Å². The Hall–Kier alpha value is -0.610. The molecule has 4 heteroatoms. The Balaban J connectivity index is 3.72. The Labute approximate surface area is 93.0 Å². The highest BCUT2D eigenvalue weighted by Crippen LogP contribution is 2.08. The molecule has 0 amide bonds. The summed E-state index contributed by atoms with van der Waals surface area (Å²) in [7, 11) is 2.08. The van der Waals surface area contributed by atoms with Crippen LogP contribution in [0.3, 0.4) is 0 Å². The fourth-order valence-electron chi connectivity index (χ4n) is 1.70. The lowest BCUT2D eigenvalue weighted by atomic mass is 10.1. The first-order valence-electron chi connectivity index (χ1n) is 5.75. The third kappa shape index (κ3) is 7.33. The van der Waals surface area contributed by atoms with Gasteiger partial charge in [0.15, 0.2) is 0 Å². The van der Waals surface area contributed by atoms with Gasteiger partial charge in [-0.25, -0.2) is 0 Å². The van der Waals surface area contributed by atoms with E-state index in [1.807, 2.05) is 0 Å². The topological polar surface area (TPSA) is 73.3 Å². The molecule has 15 heavy (non-hydrogen) atoms. The maximum atomic E-state index is 8.65. The zero-order valence-electron chi connectivity index (χ0n) is 10.00. The smallest absolute Gasteiger partial charge is 0.0921 e. The van der Waals surface area contributed by atoms with Crippen LogP contribution in [0.15, 0.2) is 0 Å². The molecule has 0 radical (unpaired) electrons. The highest BCUT2D eigenvalue weighted by molar-refractivity contribution is 5.77. The summed E-state index contributed by atoms with van der Waals surface area (Å²) < 4.78 is 0. The molecule has 0 aliphatic carbocycles. The molecule has 0 rings (SSSR count). The van der Waals surface area contributed by atoms with Gasteiger partial charge in [0.1, 0.15) is 0 Å². The van der Waals surface area contributed by atoms with Crippen LogP contribution in [0.5, 0.6) is 0 Å². The number of nitrogens with zero attached hydrogens (tertiary/aromatic N) is 1. The maximum absolute atomic E-state index is 8.65. The number of rotatable bonds is 9. The van der Waals surface area contributed by atoms with Crippen LogP contribution in [0, 0.1) is 5.41 Å². The van der Waals surface area contributed by atoms with Gasteiger partial charge >= 0.3 is 0 Å². The molecule has 0 saturated heterocycles. The van der Waals surface area contributed by atoms with E-state index in [0.717, 1.165) is 32.2 Å². The van der Waals surface area contributed by atoms with E-state index in [4.69, 9.17) is 16.2 Å². The van der Waals surface area contributed by atoms with Gasteiger partial charge in [0.25, 0.3) is 0 Å². The first-order chi connectivity index (χ1) is 7.11. The predicted molar refractivity (Wildman–Crippen MR) is 64.2 cm³/mol. The first-order valence-corrected chi connectivity index (χ1v) is 5.75. The van der Waals surface area contributed by atoms with Gasteiger partial charge in [0.2, 0.25) is 0 Å². The van der Waals surface area contributed by atoms with Gasteiger partial charge in [-0.2, -0.15) is 0 Å². The van der Waals surface area contributed by atoms with E-state index >= 15 is 0 Å². The predicted octanol–water partition coefficient (Wildman–Crippen LogP) is 1.19. The summed E-state index contributed by atoms with van der Waals surface area (Å²) in [6, 6.07) is 0.386. The molecule has 1 unspecified atom stereocenters. The Morgan fingerprint density at radius 2 is 2.07 bits per heavy atom. The number of hydrogen-bond acceptors (Lipinski definition) is 3. The molecule has 0 aliphatic rings. The fourth-order valence-corrected chi connectivity index (χ4v) is 1.70. The van der Waals surface area contributed by atoms with Crippen molar-refractivity contribution in [1.29, 1.82) is 5.41 Å². The van der Waals surface area contributed by atoms with Crippen molar-refractivity contribution in [3.8, 4) is 0 Å². The van der Waals surface area contributed by atoms with Crippen molar-refractivity contribution in [1.82, 2.24) is 4.90 Å². The molecule has 4 N–H and O–H groups in total. The van der Waals surface area contributed by atoms with Gasteiger partial charge in [0.05, 0.1) is 5.84 Å². The molecule has 0 aromatic heterocycles. The second-order valence-corrected chi connectivity index (χ2v) is 4.06. The molecule has 0 aromatic carbocycles.